The van der Waals surface area contributed by atoms with E-state index < -0.39 is 17.5 Å². The average Bonchev–Trinajstić information content (AvgIpc) is 3.26. The second-order valence-corrected chi connectivity index (χ2v) is 8.66. The molecule has 2 unspecified atom stereocenters. The summed E-state index contributed by atoms with van der Waals surface area (Å²) in [4.78, 5) is 37.0. The average molecular weight is 496 g/mol. The number of nitriles is 1. The van der Waals surface area contributed by atoms with Gasteiger partial charge in [0.15, 0.2) is 0 Å². The first kappa shape index (κ1) is 23.5. The van der Waals surface area contributed by atoms with Gasteiger partial charge in [0.05, 0.1) is 22.7 Å². The molecule has 3 N–H and O–H groups in total. The van der Waals surface area contributed by atoms with E-state index in [-0.39, 0.29) is 17.0 Å². The summed E-state index contributed by atoms with van der Waals surface area (Å²) in [7, 11) is 0. The molecule has 0 radical (unpaired) electrons. The van der Waals surface area contributed by atoms with E-state index in [1.54, 1.807) is 37.3 Å². The van der Waals surface area contributed by atoms with Crippen LogP contribution in [0.25, 0.3) is 11.1 Å². The van der Waals surface area contributed by atoms with Gasteiger partial charge in [-0.1, -0.05) is 35.3 Å². The Balaban J connectivity index is 1.53. The summed E-state index contributed by atoms with van der Waals surface area (Å²) in [5.41, 5.74) is 7.58. The third-order valence-electron chi connectivity index (χ3n) is 5.58. The second-order valence-electron chi connectivity index (χ2n) is 7.82. The molecule has 2 aromatic carbocycles. The summed E-state index contributed by atoms with van der Waals surface area (Å²) >= 11 is 12.5. The predicted octanol–water partition coefficient (Wildman–Crippen LogP) is 3.96. The number of carbonyl (C=O) groups is 2. The van der Waals surface area contributed by atoms with Crippen LogP contribution in [0, 0.1) is 11.3 Å². The van der Waals surface area contributed by atoms with E-state index in [0.29, 0.717) is 33.8 Å². The summed E-state index contributed by atoms with van der Waals surface area (Å²) in [6.45, 7) is 1.58. The number of rotatable bonds is 5. The number of amides is 2. The van der Waals surface area contributed by atoms with Crippen LogP contribution in [0.15, 0.2) is 59.5 Å². The number of nitrogens with one attached hydrogen (secondary N) is 3. The van der Waals surface area contributed by atoms with Gasteiger partial charge in [-0.15, -0.1) is 0 Å². The molecule has 34 heavy (non-hydrogen) atoms. The molecule has 0 aliphatic carbocycles. The van der Waals surface area contributed by atoms with Crippen LogP contribution in [0.1, 0.15) is 36.6 Å². The number of hydrogen-bond donors (Lipinski definition) is 3. The Kier molecular flexibility index (Phi) is 6.70. The number of pyridine rings is 1. The SMILES string of the molecule is CC(C(=O)Nc1ccc(C2CC(=O)NN2)cc1)n1cc(Cl)c(-c2cc(Cl)ccc2C#N)cc1=O. The highest BCUT2D eigenvalue weighted by atomic mass is 35.5. The zero-order valence-electron chi connectivity index (χ0n) is 17.9. The third kappa shape index (κ3) is 4.82. The highest BCUT2D eigenvalue weighted by Crippen LogP contribution is 2.31. The summed E-state index contributed by atoms with van der Waals surface area (Å²) in [5.74, 6) is -0.486. The van der Waals surface area contributed by atoms with Crippen molar-refractivity contribution in [2.75, 3.05) is 5.32 Å². The summed E-state index contributed by atoms with van der Waals surface area (Å²) < 4.78 is 1.23. The number of anilines is 1. The molecule has 0 spiro atoms. The summed E-state index contributed by atoms with van der Waals surface area (Å²) in [5, 5.41) is 12.8. The van der Waals surface area contributed by atoms with E-state index in [2.05, 4.69) is 22.2 Å². The molecule has 1 fully saturated rings. The molecule has 1 saturated heterocycles. The Morgan fingerprint density at radius 1 is 1.15 bits per heavy atom. The van der Waals surface area contributed by atoms with Gasteiger partial charge in [-0.25, -0.2) is 5.43 Å². The van der Waals surface area contributed by atoms with Crippen LogP contribution in [0.5, 0.6) is 0 Å². The largest absolute Gasteiger partial charge is 0.324 e. The van der Waals surface area contributed by atoms with E-state index in [1.165, 1.54) is 16.8 Å². The number of carbonyl (C=O) groups excluding carboxylic acids is 2. The van der Waals surface area contributed by atoms with Gasteiger partial charge in [-0.05, 0) is 42.8 Å². The van der Waals surface area contributed by atoms with Crippen molar-refractivity contribution in [2.24, 2.45) is 0 Å². The van der Waals surface area contributed by atoms with E-state index in [9.17, 15) is 19.6 Å². The standard InChI is InChI=1S/C24H19Cl2N5O3/c1-13(24(34)28-17-6-3-14(4-7-17)21-10-22(32)30-29-21)31-12-20(26)19(9-23(31)33)18-8-16(25)5-2-15(18)11-27/h2-9,12-13,21,29H,10H2,1H3,(H,28,34)(H,30,32). The maximum Gasteiger partial charge on any atom is 0.251 e. The Morgan fingerprint density at radius 2 is 1.88 bits per heavy atom. The second kappa shape index (κ2) is 9.69. The van der Waals surface area contributed by atoms with Crippen LogP contribution in [0.3, 0.4) is 0 Å². The van der Waals surface area contributed by atoms with Crippen molar-refractivity contribution < 1.29 is 9.59 Å². The van der Waals surface area contributed by atoms with Gasteiger partial charge in [0.25, 0.3) is 5.56 Å². The van der Waals surface area contributed by atoms with Gasteiger partial charge in [-0.3, -0.25) is 19.8 Å². The van der Waals surface area contributed by atoms with Gasteiger partial charge in [-0.2, -0.15) is 5.26 Å². The van der Waals surface area contributed by atoms with Crippen LogP contribution >= 0.6 is 23.2 Å². The van der Waals surface area contributed by atoms with Gasteiger partial charge in [0, 0.05) is 40.5 Å². The minimum absolute atomic E-state index is 0.0782. The molecular formula is C24H19Cl2N5O3. The number of aromatic nitrogens is 1. The van der Waals surface area contributed by atoms with Gasteiger partial charge in [0.2, 0.25) is 11.8 Å². The fraction of sp³-hybridized carbons (Fsp3) is 0.167. The molecule has 0 saturated carbocycles. The van der Waals surface area contributed by atoms with Crippen molar-refractivity contribution in [3.8, 4) is 17.2 Å². The van der Waals surface area contributed by atoms with Crippen LogP contribution in [-0.4, -0.2) is 16.4 Å². The number of hydrazine groups is 1. The minimum atomic E-state index is -0.855. The molecule has 1 aromatic heterocycles. The number of benzene rings is 2. The van der Waals surface area contributed by atoms with Gasteiger partial charge in [0.1, 0.15) is 6.04 Å². The van der Waals surface area contributed by atoms with Crippen molar-refractivity contribution in [3.63, 3.8) is 0 Å². The third-order valence-corrected chi connectivity index (χ3v) is 6.11. The zero-order valence-corrected chi connectivity index (χ0v) is 19.4. The first-order valence-corrected chi connectivity index (χ1v) is 11.1. The predicted molar refractivity (Wildman–Crippen MR) is 129 cm³/mol. The first-order valence-electron chi connectivity index (χ1n) is 10.3. The monoisotopic (exact) mass is 495 g/mol. The van der Waals surface area contributed by atoms with Crippen molar-refractivity contribution in [3.05, 3.63) is 86.3 Å². The molecule has 0 bridgehead atoms. The quantitative estimate of drug-likeness (QED) is 0.495. The van der Waals surface area contributed by atoms with E-state index in [1.807, 2.05) is 12.1 Å². The van der Waals surface area contributed by atoms with E-state index in [0.717, 1.165) is 5.56 Å². The molecule has 2 atom stereocenters. The van der Waals surface area contributed by atoms with Gasteiger partial charge >= 0.3 is 0 Å². The smallest absolute Gasteiger partial charge is 0.251 e. The Labute approximate surface area is 205 Å². The maximum absolute atomic E-state index is 12.8. The highest BCUT2D eigenvalue weighted by molar-refractivity contribution is 6.33. The van der Waals surface area contributed by atoms with Crippen LogP contribution < -0.4 is 21.7 Å². The lowest BCUT2D eigenvalue weighted by molar-refractivity contribution is -0.120. The van der Waals surface area contributed by atoms with Crippen molar-refractivity contribution in [1.82, 2.24) is 15.4 Å². The highest BCUT2D eigenvalue weighted by Gasteiger charge is 2.23. The van der Waals surface area contributed by atoms with Crippen molar-refractivity contribution in [1.29, 1.82) is 5.26 Å². The molecule has 8 nitrogen and oxygen atoms in total. The van der Waals surface area contributed by atoms with Crippen molar-refractivity contribution in [2.45, 2.75) is 25.4 Å². The summed E-state index contributed by atoms with van der Waals surface area (Å²) in [6, 6.07) is 14.2. The zero-order chi connectivity index (χ0) is 24.4. The molecular weight excluding hydrogens is 477 g/mol. The molecule has 10 heteroatoms. The Morgan fingerprint density at radius 3 is 2.53 bits per heavy atom. The lowest BCUT2D eigenvalue weighted by Gasteiger charge is -2.17. The molecule has 4 rings (SSSR count). The summed E-state index contributed by atoms with van der Waals surface area (Å²) in [6.07, 6.45) is 1.72. The number of hydrogen-bond acceptors (Lipinski definition) is 5. The van der Waals surface area contributed by atoms with Gasteiger partial charge < -0.3 is 9.88 Å². The minimum Gasteiger partial charge on any atom is -0.324 e. The van der Waals surface area contributed by atoms with Crippen LogP contribution in [0.4, 0.5) is 5.69 Å². The lowest BCUT2D eigenvalue weighted by Crippen LogP contribution is -2.31. The molecule has 172 valence electrons. The fourth-order valence-corrected chi connectivity index (χ4v) is 4.13. The van der Waals surface area contributed by atoms with E-state index >= 15 is 0 Å². The Hall–Kier alpha value is -3.64. The fourth-order valence-electron chi connectivity index (χ4n) is 3.70. The first-order chi connectivity index (χ1) is 16.3. The molecule has 2 amide bonds. The molecule has 1 aliphatic heterocycles. The topological polar surface area (TPSA) is 116 Å². The molecule has 3 aromatic rings. The van der Waals surface area contributed by atoms with Crippen molar-refractivity contribution >= 4 is 40.7 Å². The van der Waals surface area contributed by atoms with Crippen LogP contribution in [-0.2, 0) is 9.59 Å². The lowest BCUT2D eigenvalue weighted by atomic mass is 10.0. The normalized spacial score (nSPS) is 15.9. The van der Waals surface area contributed by atoms with Crippen LogP contribution in [0.2, 0.25) is 10.0 Å². The van der Waals surface area contributed by atoms with E-state index in [4.69, 9.17) is 23.2 Å². The maximum atomic E-state index is 12.8. The Bertz CT molecular complexity index is 1380. The number of halogens is 2. The molecule has 2 heterocycles. The number of nitrogens with zero attached hydrogens (tertiary/aromatic N) is 2. The molecule has 1 aliphatic rings.